The molecule has 2 aromatic heterocycles. The zero-order chi connectivity index (χ0) is 36.0. The summed E-state index contributed by atoms with van der Waals surface area (Å²) in [6.45, 7) is 7.33. The molecule has 0 amide bonds. The molecule has 0 unspecified atom stereocenters. The first kappa shape index (κ1) is 33.6. The first-order valence-corrected chi connectivity index (χ1v) is 16.8. The monoisotopic (exact) mass is 688 g/mol. The van der Waals surface area contributed by atoms with Gasteiger partial charge in [-0.2, -0.15) is 0 Å². The molecule has 5 heterocycles. The van der Waals surface area contributed by atoms with E-state index in [0.29, 0.717) is 56.3 Å². The maximum absolute atomic E-state index is 13.7. The minimum absolute atomic E-state index is 0.168. The van der Waals surface area contributed by atoms with E-state index in [9.17, 15) is 24.3 Å². The van der Waals surface area contributed by atoms with Crippen LogP contribution in [0.4, 0.5) is 5.69 Å². The average Bonchev–Trinajstić information content (AvgIpc) is 3.40. The molecule has 3 aliphatic rings. The van der Waals surface area contributed by atoms with E-state index in [-0.39, 0.29) is 43.9 Å². The fraction of sp³-hybridized carbons (Fsp3) is 0.282. The van der Waals surface area contributed by atoms with Crippen LogP contribution in [-0.2, 0) is 41.7 Å². The number of hydrogen-bond donors (Lipinski definition) is 2. The van der Waals surface area contributed by atoms with Crippen molar-refractivity contribution in [3.63, 3.8) is 0 Å². The van der Waals surface area contributed by atoms with Gasteiger partial charge in [0.1, 0.15) is 6.61 Å². The number of nitrogens with one attached hydrogen (secondary N) is 1. The standard InChI is InChI=1S/C39H36N4O8/c1-5-49-38(47)33-20(3)41-21(4)34(39(48)50-6-2)35(33)22-10-9-11-23(14-22)40-17-26-24-12-7-8-13-29(24)42-36-27(26)18-43-30(36)15-25-28(37(43)46)19-51-32(45)16-31(25)44/h7-15,17,31,35,41,44H,5-6,16,18-19H2,1-4H3/t31-/m1/s1. The number of benzene rings is 2. The summed E-state index contributed by atoms with van der Waals surface area (Å²) < 4.78 is 17.6. The Labute approximate surface area is 293 Å². The smallest absolute Gasteiger partial charge is 0.336 e. The van der Waals surface area contributed by atoms with Crippen LogP contribution in [0.5, 0.6) is 0 Å². The Bertz CT molecular complexity index is 2260. The van der Waals surface area contributed by atoms with Gasteiger partial charge in [-0.25, -0.2) is 14.6 Å². The number of aromatic nitrogens is 2. The average molecular weight is 689 g/mol. The number of dihydropyridines is 1. The van der Waals surface area contributed by atoms with E-state index in [4.69, 9.17) is 24.2 Å². The van der Waals surface area contributed by atoms with Gasteiger partial charge in [0.25, 0.3) is 5.56 Å². The van der Waals surface area contributed by atoms with E-state index < -0.39 is 29.9 Å². The molecule has 0 saturated heterocycles. The molecular weight excluding hydrogens is 652 g/mol. The third kappa shape index (κ3) is 5.91. The van der Waals surface area contributed by atoms with Gasteiger partial charge >= 0.3 is 17.9 Å². The molecule has 2 N–H and O–H groups in total. The number of aliphatic hydroxyl groups excluding tert-OH is 1. The second kappa shape index (κ2) is 13.4. The quantitative estimate of drug-likeness (QED) is 0.135. The van der Waals surface area contributed by atoms with Crippen LogP contribution >= 0.6 is 0 Å². The second-order valence-corrected chi connectivity index (χ2v) is 12.5. The van der Waals surface area contributed by atoms with Gasteiger partial charge < -0.3 is 29.2 Å². The summed E-state index contributed by atoms with van der Waals surface area (Å²) in [5, 5.41) is 14.8. The Hall–Kier alpha value is -5.88. The Balaban J connectivity index is 1.33. The third-order valence-electron chi connectivity index (χ3n) is 9.42. The van der Waals surface area contributed by atoms with Crippen LogP contribution in [0.3, 0.4) is 0 Å². The van der Waals surface area contributed by atoms with Crippen LogP contribution in [0, 0.1) is 0 Å². The number of nitrogens with zero attached hydrogens (tertiary/aromatic N) is 3. The Morgan fingerprint density at radius 2 is 1.71 bits per heavy atom. The van der Waals surface area contributed by atoms with E-state index in [2.05, 4.69) is 5.32 Å². The molecular formula is C39H36N4O8. The van der Waals surface area contributed by atoms with Crippen LogP contribution in [0.2, 0.25) is 0 Å². The summed E-state index contributed by atoms with van der Waals surface area (Å²) in [5.41, 5.74) is 6.61. The number of rotatable bonds is 7. The number of cyclic esters (lactones) is 1. The second-order valence-electron chi connectivity index (χ2n) is 12.5. The largest absolute Gasteiger partial charge is 0.463 e. The number of carbonyl (C=O) groups excluding carboxylic acids is 3. The maximum Gasteiger partial charge on any atom is 0.336 e. The Kier molecular flexibility index (Phi) is 8.86. The number of aliphatic hydroxyl groups is 1. The number of allylic oxidation sites excluding steroid dienone is 2. The lowest BCUT2D eigenvalue weighted by Gasteiger charge is -2.30. The van der Waals surface area contributed by atoms with Crippen LogP contribution < -0.4 is 10.9 Å². The van der Waals surface area contributed by atoms with Gasteiger partial charge in [0, 0.05) is 34.1 Å². The summed E-state index contributed by atoms with van der Waals surface area (Å²) in [6.07, 6.45) is 0.330. The predicted molar refractivity (Wildman–Crippen MR) is 188 cm³/mol. The molecule has 0 aliphatic carbocycles. The summed E-state index contributed by atoms with van der Waals surface area (Å²) in [6, 6.07) is 16.6. The molecule has 7 rings (SSSR count). The number of ether oxygens (including phenoxy) is 3. The minimum atomic E-state index is -1.17. The first-order chi connectivity index (χ1) is 24.6. The lowest BCUT2D eigenvalue weighted by atomic mass is 9.80. The van der Waals surface area contributed by atoms with Crippen molar-refractivity contribution >= 4 is 40.7 Å². The lowest BCUT2D eigenvalue weighted by molar-refractivity contribution is -0.146. The van der Waals surface area contributed by atoms with Crippen LogP contribution in [0.15, 0.2) is 86.9 Å². The molecule has 2 aromatic carbocycles. The molecule has 0 saturated carbocycles. The van der Waals surface area contributed by atoms with Crippen LogP contribution in [0.25, 0.3) is 22.3 Å². The number of pyridine rings is 2. The first-order valence-electron chi connectivity index (χ1n) is 16.8. The normalized spacial score (nSPS) is 17.1. The molecule has 0 bridgehead atoms. The highest BCUT2D eigenvalue weighted by Crippen LogP contribution is 2.41. The van der Waals surface area contributed by atoms with Gasteiger partial charge in [0.15, 0.2) is 0 Å². The molecule has 3 aliphatic heterocycles. The van der Waals surface area contributed by atoms with Gasteiger partial charge in [0.05, 0.1) is 77.5 Å². The van der Waals surface area contributed by atoms with Crippen molar-refractivity contribution in [3.05, 3.63) is 115 Å². The fourth-order valence-electron chi connectivity index (χ4n) is 7.15. The van der Waals surface area contributed by atoms with Crippen molar-refractivity contribution in [2.24, 2.45) is 4.99 Å². The fourth-order valence-corrected chi connectivity index (χ4v) is 7.15. The predicted octanol–water partition coefficient (Wildman–Crippen LogP) is 5.02. The molecule has 51 heavy (non-hydrogen) atoms. The van der Waals surface area contributed by atoms with Gasteiger partial charge in [-0.15, -0.1) is 0 Å². The molecule has 0 radical (unpaired) electrons. The van der Waals surface area contributed by atoms with Crippen molar-refractivity contribution in [1.82, 2.24) is 14.9 Å². The number of fused-ring (bicyclic) bond motifs is 5. The van der Waals surface area contributed by atoms with E-state index in [0.717, 1.165) is 16.5 Å². The molecule has 4 aromatic rings. The number of carbonyl (C=O) groups is 3. The van der Waals surface area contributed by atoms with Gasteiger partial charge in [-0.1, -0.05) is 30.3 Å². The van der Waals surface area contributed by atoms with E-state index in [1.807, 2.05) is 48.5 Å². The van der Waals surface area contributed by atoms with Crippen molar-refractivity contribution in [2.45, 2.75) is 59.3 Å². The topological polar surface area (TPSA) is 158 Å². The Morgan fingerprint density at radius 3 is 2.41 bits per heavy atom. The van der Waals surface area contributed by atoms with Crippen molar-refractivity contribution in [3.8, 4) is 11.4 Å². The summed E-state index contributed by atoms with van der Waals surface area (Å²) in [7, 11) is 0. The minimum Gasteiger partial charge on any atom is -0.463 e. The number of esters is 3. The third-order valence-corrected chi connectivity index (χ3v) is 9.42. The zero-order valence-corrected chi connectivity index (χ0v) is 28.6. The molecule has 12 heteroatoms. The summed E-state index contributed by atoms with van der Waals surface area (Å²) in [4.78, 5) is 62.2. The highest BCUT2D eigenvalue weighted by molar-refractivity contribution is 6.03. The van der Waals surface area contributed by atoms with Crippen LogP contribution in [0.1, 0.15) is 74.0 Å². The van der Waals surface area contributed by atoms with Gasteiger partial charge in [0.2, 0.25) is 0 Å². The maximum atomic E-state index is 13.7. The molecule has 0 fully saturated rings. The lowest BCUT2D eigenvalue weighted by Crippen LogP contribution is -2.32. The van der Waals surface area contributed by atoms with Gasteiger partial charge in [-0.05, 0) is 63.1 Å². The van der Waals surface area contributed by atoms with Crippen LogP contribution in [-0.4, -0.2) is 52.0 Å². The molecule has 0 spiro atoms. The van der Waals surface area contributed by atoms with Crippen molar-refractivity contribution in [1.29, 1.82) is 0 Å². The summed E-state index contributed by atoms with van der Waals surface area (Å²) in [5.74, 6) is -2.40. The SMILES string of the molecule is CCOC(=O)C1=C(C)NC(C)=C(C(=O)OCC)C1c1cccc(N=Cc2c3c(nc4ccccc24)-c2cc4c(c(=O)n2C3)COC(=O)C[C@H]4O)c1. The molecule has 260 valence electrons. The summed E-state index contributed by atoms with van der Waals surface area (Å²) >= 11 is 0. The zero-order valence-electron chi connectivity index (χ0n) is 28.6. The van der Waals surface area contributed by atoms with Crippen molar-refractivity contribution < 1.29 is 33.7 Å². The van der Waals surface area contributed by atoms with Crippen molar-refractivity contribution in [2.75, 3.05) is 13.2 Å². The van der Waals surface area contributed by atoms with E-state index in [1.165, 1.54) is 0 Å². The highest BCUT2D eigenvalue weighted by Gasteiger charge is 2.38. The van der Waals surface area contributed by atoms with E-state index in [1.54, 1.807) is 44.5 Å². The molecule has 1 atom stereocenters. The molecule has 12 nitrogen and oxygen atoms in total. The number of para-hydroxylation sites is 1. The number of aliphatic imine (C=N–C) groups is 1. The number of hydrogen-bond acceptors (Lipinski definition) is 11. The highest BCUT2D eigenvalue weighted by atomic mass is 16.5. The van der Waals surface area contributed by atoms with Gasteiger partial charge in [-0.3, -0.25) is 14.6 Å². The Morgan fingerprint density at radius 1 is 1.00 bits per heavy atom. The van der Waals surface area contributed by atoms with E-state index >= 15 is 0 Å².